The Morgan fingerprint density at radius 2 is 1.97 bits per heavy atom. The predicted molar refractivity (Wildman–Crippen MR) is 112 cm³/mol. The summed E-state index contributed by atoms with van der Waals surface area (Å²) in [6, 6.07) is 3.67. The molecule has 0 spiro atoms. The summed E-state index contributed by atoms with van der Waals surface area (Å²) in [7, 11) is 0. The van der Waals surface area contributed by atoms with Gasteiger partial charge in [-0.2, -0.15) is 0 Å². The number of oxazole rings is 1. The second-order valence-corrected chi connectivity index (χ2v) is 8.90. The van der Waals surface area contributed by atoms with Crippen LogP contribution in [0.1, 0.15) is 63.7 Å². The molecular formula is C22H23ClN4O2. The first-order valence-electron chi connectivity index (χ1n) is 10.3. The van der Waals surface area contributed by atoms with Crippen LogP contribution in [0.5, 0.6) is 0 Å². The third-order valence-corrected chi connectivity index (χ3v) is 6.41. The van der Waals surface area contributed by atoms with E-state index >= 15 is 0 Å². The number of nitrogens with zero attached hydrogens (tertiary/aromatic N) is 3. The lowest BCUT2D eigenvalue weighted by Crippen LogP contribution is -2.35. The fraction of sp³-hybridized carbons (Fsp3) is 0.455. The van der Waals surface area contributed by atoms with E-state index in [1.165, 1.54) is 6.42 Å². The lowest BCUT2D eigenvalue weighted by Gasteiger charge is -2.31. The van der Waals surface area contributed by atoms with Crippen molar-refractivity contribution < 1.29 is 9.21 Å². The van der Waals surface area contributed by atoms with E-state index in [0.717, 1.165) is 55.5 Å². The number of benzene rings is 1. The van der Waals surface area contributed by atoms with Gasteiger partial charge in [-0.25, -0.2) is 9.97 Å². The van der Waals surface area contributed by atoms with E-state index in [-0.39, 0.29) is 11.3 Å². The molecule has 29 heavy (non-hydrogen) atoms. The molecular weight excluding hydrogens is 388 g/mol. The average molecular weight is 411 g/mol. The van der Waals surface area contributed by atoms with Crippen LogP contribution < -0.4 is 5.32 Å². The van der Waals surface area contributed by atoms with Gasteiger partial charge in [0.15, 0.2) is 17.3 Å². The van der Waals surface area contributed by atoms with Crippen molar-refractivity contribution in [1.82, 2.24) is 15.0 Å². The Bertz CT molecular complexity index is 1070. The summed E-state index contributed by atoms with van der Waals surface area (Å²) >= 11 is 6.47. The molecule has 6 nitrogen and oxygen atoms in total. The summed E-state index contributed by atoms with van der Waals surface area (Å²) in [5.41, 5.74) is 2.51. The van der Waals surface area contributed by atoms with Gasteiger partial charge < -0.3 is 9.73 Å². The Kier molecular flexibility index (Phi) is 4.54. The number of hydrogen-bond acceptors (Lipinski definition) is 5. The number of fused-ring (bicyclic) bond motifs is 1. The van der Waals surface area contributed by atoms with Crippen LogP contribution >= 0.6 is 11.6 Å². The van der Waals surface area contributed by atoms with Crippen LogP contribution in [0.4, 0.5) is 5.82 Å². The molecule has 2 heterocycles. The van der Waals surface area contributed by atoms with Gasteiger partial charge in [0, 0.05) is 16.9 Å². The third kappa shape index (κ3) is 3.62. The minimum Gasteiger partial charge on any atom is -0.440 e. The molecule has 2 aliphatic carbocycles. The fourth-order valence-electron chi connectivity index (χ4n) is 4.03. The predicted octanol–water partition coefficient (Wildman–Crippen LogP) is 5.72. The van der Waals surface area contributed by atoms with Crippen LogP contribution in [0, 0.1) is 5.41 Å². The molecule has 2 fully saturated rings. The Hall–Kier alpha value is -2.47. The summed E-state index contributed by atoms with van der Waals surface area (Å²) in [6.45, 7) is 2.03. The highest BCUT2D eigenvalue weighted by molar-refractivity contribution is 6.34. The van der Waals surface area contributed by atoms with Crippen LogP contribution in [0.25, 0.3) is 22.4 Å². The molecule has 0 radical (unpaired) electrons. The summed E-state index contributed by atoms with van der Waals surface area (Å²) in [5, 5.41) is 3.47. The van der Waals surface area contributed by atoms with Crippen LogP contribution in [-0.4, -0.2) is 20.9 Å². The van der Waals surface area contributed by atoms with Crippen LogP contribution in [0.2, 0.25) is 5.02 Å². The van der Waals surface area contributed by atoms with Gasteiger partial charge in [0.2, 0.25) is 5.91 Å². The maximum absolute atomic E-state index is 12.7. The molecule has 2 aromatic heterocycles. The highest BCUT2D eigenvalue weighted by atomic mass is 35.5. The van der Waals surface area contributed by atoms with Gasteiger partial charge >= 0.3 is 0 Å². The minimum atomic E-state index is -0.321. The average Bonchev–Trinajstić information content (AvgIpc) is 3.49. The van der Waals surface area contributed by atoms with Crippen LogP contribution in [0.15, 0.2) is 28.9 Å². The lowest BCUT2D eigenvalue weighted by molar-refractivity contribution is -0.126. The molecule has 0 bridgehead atoms. The number of anilines is 1. The van der Waals surface area contributed by atoms with Crippen molar-refractivity contribution in [3.05, 3.63) is 35.4 Å². The quantitative estimate of drug-likeness (QED) is 0.594. The van der Waals surface area contributed by atoms with Gasteiger partial charge in [0.25, 0.3) is 0 Å². The second kappa shape index (κ2) is 7.10. The van der Waals surface area contributed by atoms with E-state index in [9.17, 15) is 4.79 Å². The molecule has 1 amide bonds. The lowest BCUT2D eigenvalue weighted by atomic mass is 9.75. The summed E-state index contributed by atoms with van der Waals surface area (Å²) in [6.07, 6.45) is 10.7. The number of nitrogens with one attached hydrogen (secondary N) is 1. The maximum Gasteiger partial charge on any atom is 0.231 e. The first-order valence-corrected chi connectivity index (χ1v) is 10.6. The first kappa shape index (κ1) is 18.6. The first-order chi connectivity index (χ1) is 14.0. The summed E-state index contributed by atoms with van der Waals surface area (Å²) < 4.78 is 5.89. The van der Waals surface area contributed by atoms with Crippen molar-refractivity contribution in [2.75, 3.05) is 5.32 Å². The minimum absolute atomic E-state index is 0.0213. The van der Waals surface area contributed by atoms with Crippen molar-refractivity contribution >= 4 is 34.4 Å². The van der Waals surface area contributed by atoms with Gasteiger partial charge in [-0.3, -0.25) is 9.78 Å². The zero-order valence-corrected chi connectivity index (χ0v) is 17.1. The van der Waals surface area contributed by atoms with E-state index in [0.29, 0.717) is 28.0 Å². The van der Waals surface area contributed by atoms with Crippen LogP contribution in [-0.2, 0) is 4.79 Å². The molecule has 0 unspecified atom stereocenters. The molecule has 1 aromatic carbocycles. The largest absolute Gasteiger partial charge is 0.440 e. The van der Waals surface area contributed by atoms with E-state index in [1.54, 1.807) is 12.4 Å². The molecule has 0 aliphatic heterocycles. The second-order valence-electron chi connectivity index (χ2n) is 8.49. The SMILES string of the molecule is CC1(C(=O)Nc2cnc(-c3cc4oc(C5CC5)nc4cc3Cl)cn2)CCCCC1. The number of aromatic nitrogens is 3. The molecule has 7 heteroatoms. The number of hydrogen-bond donors (Lipinski definition) is 1. The molecule has 0 atom stereocenters. The highest BCUT2D eigenvalue weighted by Crippen LogP contribution is 2.42. The van der Waals surface area contributed by atoms with Crippen molar-refractivity contribution in [2.24, 2.45) is 5.41 Å². The third-order valence-electron chi connectivity index (χ3n) is 6.10. The van der Waals surface area contributed by atoms with Crippen LogP contribution in [0.3, 0.4) is 0 Å². The zero-order valence-electron chi connectivity index (χ0n) is 16.4. The van der Waals surface area contributed by atoms with Crippen molar-refractivity contribution in [3.63, 3.8) is 0 Å². The topological polar surface area (TPSA) is 80.9 Å². The van der Waals surface area contributed by atoms with Gasteiger partial charge in [0.05, 0.1) is 23.1 Å². The van der Waals surface area contributed by atoms with Crippen molar-refractivity contribution in [2.45, 2.75) is 57.8 Å². The Morgan fingerprint density at radius 3 is 2.66 bits per heavy atom. The standard InChI is InChI=1S/C22H23ClN4O2/c1-22(7-3-2-4-8-22)21(28)27-19-12-24-17(11-25-19)14-9-18-16(10-15(14)23)26-20(29-18)13-5-6-13/h9-13H,2-8H2,1H3,(H,25,27,28). The van der Waals surface area contributed by atoms with E-state index < -0.39 is 0 Å². The van der Waals surface area contributed by atoms with Gasteiger partial charge in [-0.15, -0.1) is 0 Å². The summed E-state index contributed by atoms with van der Waals surface area (Å²) in [4.78, 5) is 26.1. The molecule has 2 saturated carbocycles. The molecule has 2 aliphatic rings. The van der Waals surface area contributed by atoms with E-state index in [4.69, 9.17) is 16.0 Å². The number of rotatable bonds is 4. The van der Waals surface area contributed by atoms with Crippen molar-refractivity contribution in [3.8, 4) is 11.3 Å². The monoisotopic (exact) mass is 410 g/mol. The Labute approximate surface area is 174 Å². The molecule has 0 saturated heterocycles. The van der Waals surface area contributed by atoms with Gasteiger partial charge in [0.1, 0.15) is 5.52 Å². The molecule has 3 aromatic rings. The fourth-order valence-corrected chi connectivity index (χ4v) is 4.28. The Balaban J connectivity index is 1.37. The van der Waals surface area contributed by atoms with Crippen molar-refractivity contribution in [1.29, 1.82) is 0 Å². The normalized spacial score (nSPS) is 18.7. The molecule has 5 rings (SSSR count). The molecule has 150 valence electrons. The van der Waals surface area contributed by atoms with Gasteiger partial charge in [-0.1, -0.05) is 37.8 Å². The van der Waals surface area contributed by atoms with E-state index in [2.05, 4.69) is 20.3 Å². The smallest absolute Gasteiger partial charge is 0.231 e. The number of amides is 1. The number of halogens is 1. The Morgan fingerprint density at radius 1 is 1.17 bits per heavy atom. The summed E-state index contributed by atoms with van der Waals surface area (Å²) in [5.74, 6) is 1.71. The number of carbonyl (C=O) groups is 1. The highest BCUT2D eigenvalue weighted by Gasteiger charge is 2.34. The maximum atomic E-state index is 12.7. The molecule has 1 N–H and O–H groups in total. The number of carbonyl (C=O) groups excluding carboxylic acids is 1. The van der Waals surface area contributed by atoms with Gasteiger partial charge in [-0.05, 0) is 37.8 Å². The van der Waals surface area contributed by atoms with E-state index in [1.807, 2.05) is 19.1 Å². The zero-order chi connectivity index (χ0) is 20.0.